The number of hydrogen-bond donors (Lipinski definition) is 1. The molecule has 1 amide bonds. The van der Waals surface area contributed by atoms with Crippen LogP contribution in [0.2, 0.25) is 0 Å². The smallest absolute Gasteiger partial charge is 0.264 e. The number of rotatable bonds is 8. The van der Waals surface area contributed by atoms with Gasteiger partial charge in [0.25, 0.3) is 15.9 Å². The Morgan fingerprint density at radius 2 is 1.69 bits per heavy atom. The number of sulfonamides is 1. The van der Waals surface area contributed by atoms with E-state index in [1.54, 1.807) is 55.5 Å². The first-order valence-electron chi connectivity index (χ1n) is 11.7. The fourth-order valence-electron chi connectivity index (χ4n) is 3.84. The number of anilines is 1. The van der Waals surface area contributed by atoms with Gasteiger partial charge in [-0.3, -0.25) is 9.10 Å². The van der Waals surface area contributed by atoms with E-state index in [4.69, 9.17) is 9.47 Å². The molecule has 0 bridgehead atoms. The molecule has 0 spiro atoms. The third-order valence-corrected chi connectivity index (χ3v) is 7.62. The van der Waals surface area contributed by atoms with Crippen molar-refractivity contribution in [1.82, 2.24) is 5.43 Å². The van der Waals surface area contributed by atoms with E-state index < -0.39 is 22.5 Å². The zero-order chi connectivity index (χ0) is 25.7. The number of fused-ring (bicyclic) bond motifs is 1. The highest BCUT2D eigenvalue weighted by atomic mass is 32.2. The summed E-state index contributed by atoms with van der Waals surface area (Å²) in [6.07, 6.45) is 0.610. The van der Waals surface area contributed by atoms with Crippen molar-refractivity contribution in [3.63, 3.8) is 0 Å². The largest absolute Gasteiger partial charge is 0.486 e. The van der Waals surface area contributed by atoms with Gasteiger partial charge in [0.2, 0.25) is 0 Å². The quantitative estimate of drug-likeness (QED) is 0.366. The molecule has 0 saturated heterocycles. The maximum absolute atomic E-state index is 13.6. The van der Waals surface area contributed by atoms with E-state index in [1.165, 1.54) is 0 Å². The molecule has 0 fully saturated rings. The highest BCUT2D eigenvalue weighted by molar-refractivity contribution is 7.92. The van der Waals surface area contributed by atoms with Gasteiger partial charge in [-0.2, -0.15) is 5.10 Å². The number of para-hydroxylation sites is 1. The Kier molecular flexibility index (Phi) is 7.59. The molecule has 0 aliphatic carbocycles. The Morgan fingerprint density at radius 3 is 2.42 bits per heavy atom. The fourth-order valence-corrected chi connectivity index (χ4v) is 5.29. The molecular weight excluding hydrogens is 478 g/mol. The Labute approximate surface area is 211 Å². The van der Waals surface area contributed by atoms with Crippen LogP contribution in [-0.2, 0) is 21.2 Å². The number of aryl methyl sites for hydroxylation is 2. The van der Waals surface area contributed by atoms with Crippen LogP contribution in [0, 0.1) is 6.92 Å². The summed E-state index contributed by atoms with van der Waals surface area (Å²) in [5, 5.41) is 4.20. The van der Waals surface area contributed by atoms with Crippen molar-refractivity contribution in [3.05, 3.63) is 83.4 Å². The summed E-state index contributed by atoms with van der Waals surface area (Å²) in [7, 11) is -4.01. The molecule has 8 nitrogen and oxygen atoms in total. The first-order valence-corrected chi connectivity index (χ1v) is 13.1. The van der Waals surface area contributed by atoms with Gasteiger partial charge in [0.1, 0.15) is 19.8 Å². The van der Waals surface area contributed by atoms with Gasteiger partial charge in [-0.05, 0) is 62.2 Å². The highest BCUT2D eigenvalue weighted by Crippen LogP contribution is 2.31. The van der Waals surface area contributed by atoms with Crippen LogP contribution in [0.5, 0.6) is 11.5 Å². The van der Waals surface area contributed by atoms with E-state index in [9.17, 15) is 13.2 Å². The minimum Gasteiger partial charge on any atom is -0.486 e. The predicted molar refractivity (Wildman–Crippen MR) is 139 cm³/mol. The number of amides is 1. The van der Waals surface area contributed by atoms with Crippen LogP contribution in [0.25, 0.3) is 0 Å². The molecule has 0 atom stereocenters. The average Bonchev–Trinajstić information content (AvgIpc) is 2.90. The van der Waals surface area contributed by atoms with Crippen LogP contribution in [0.3, 0.4) is 0 Å². The molecule has 1 heterocycles. The molecule has 0 radical (unpaired) electrons. The van der Waals surface area contributed by atoms with E-state index in [0.29, 0.717) is 42.5 Å². The van der Waals surface area contributed by atoms with E-state index in [0.717, 1.165) is 21.0 Å². The summed E-state index contributed by atoms with van der Waals surface area (Å²) >= 11 is 0. The van der Waals surface area contributed by atoms with Gasteiger partial charge in [0, 0.05) is 5.56 Å². The van der Waals surface area contributed by atoms with Crippen molar-refractivity contribution >= 4 is 27.3 Å². The van der Waals surface area contributed by atoms with E-state index in [-0.39, 0.29) is 4.90 Å². The van der Waals surface area contributed by atoms with Gasteiger partial charge in [0.15, 0.2) is 11.5 Å². The van der Waals surface area contributed by atoms with Gasteiger partial charge in [-0.25, -0.2) is 13.8 Å². The summed E-state index contributed by atoms with van der Waals surface area (Å²) < 4.78 is 39.5. The van der Waals surface area contributed by atoms with Crippen molar-refractivity contribution in [2.75, 3.05) is 24.1 Å². The molecule has 36 heavy (non-hydrogen) atoms. The zero-order valence-corrected chi connectivity index (χ0v) is 21.3. The molecule has 188 valence electrons. The lowest BCUT2D eigenvalue weighted by Crippen LogP contribution is -2.40. The molecule has 9 heteroatoms. The molecule has 4 rings (SSSR count). The van der Waals surface area contributed by atoms with Gasteiger partial charge < -0.3 is 9.47 Å². The van der Waals surface area contributed by atoms with Crippen LogP contribution in [0.4, 0.5) is 5.69 Å². The Balaban J connectivity index is 1.59. The summed E-state index contributed by atoms with van der Waals surface area (Å²) in [5.41, 5.74) is 6.01. The Hall–Kier alpha value is -3.85. The van der Waals surface area contributed by atoms with Crippen LogP contribution in [0.15, 0.2) is 76.7 Å². The number of benzene rings is 3. The van der Waals surface area contributed by atoms with Crippen molar-refractivity contribution in [2.45, 2.75) is 32.1 Å². The van der Waals surface area contributed by atoms with Crippen molar-refractivity contribution in [3.8, 4) is 11.5 Å². The molecule has 3 aromatic rings. The lowest BCUT2D eigenvalue weighted by Gasteiger charge is -2.26. The monoisotopic (exact) mass is 507 g/mol. The van der Waals surface area contributed by atoms with E-state index in [2.05, 4.69) is 10.5 Å². The zero-order valence-electron chi connectivity index (χ0n) is 20.5. The molecular formula is C27H29N3O5S. The highest BCUT2D eigenvalue weighted by Gasteiger charge is 2.28. The Morgan fingerprint density at radius 1 is 1.00 bits per heavy atom. The number of hydrogen-bond acceptors (Lipinski definition) is 6. The maximum Gasteiger partial charge on any atom is 0.264 e. The fraction of sp³-hybridized carbons (Fsp3) is 0.259. The normalized spacial score (nSPS) is 13.2. The number of nitrogens with zero attached hydrogens (tertiary/aromatic N) is 2. The number of ether oxygens (including phenoxy) is 2. The lowest BCUT2D eigenvalue weighted by atomic mass is 10.1. The molecule has 1 aliphatic heterocycles. The summed E-state index contributed by atoms with van der Waals surface area (Å²) in [6.45, 7) is 6.11. The second-order valence-corrected chi connectivity index (χ2v) is 10.3. The maximum atomic E-state index is 13.6. The first-order chi connectivity index (χ1) is 17.3. The molecule has 1 N–H and O–H groups in total. The average molecular weight is 508 g/mol. The molecule has 0 aromatic heterocycles. The van der Waals surface area contributed by atoms with Gasteiger partial charge in [-0.15, -0.1) is 0 Å². The van der Waals surface area contributed by atoms with E-state index in [1.807, 2.05) is 32.0 Å². The summed E-state index contributed by atoms with van der Waals surface area (Å²) in [4.78, 5) is 13.1. The van der Waals surface area contributed by atoms with Gasteiger partial charge >= 0.3 is 0 Å². The molecule has 1 aliphatic rings. The predicted octanol–water partition coefficient (Wildman–Crippen LogP) is 4.06. The third kappa shape index (κ3) is 5.52. The second kappa shape index (κ2) is 10.8. The van der Waals surface area contributed by atoms with Crippen LogP contribution < -0.4 is 19.2 Å². The van der Waals surface area contributed by atoms with Crippen LogP contribution in [0.1, 0.15) is 30.5 Å². The van der Waals surface area contributed by atoms with E-state index >= 15 is 0 Å². The number of carbonyl (C=O) groups is 1. The second-order valence-electron chi connectivity index (χ2n) is 8.40. The van der Waals surface area contributed by atoms with Crippen molar-refractivity contribution in [1.29, 1.82) is 0 Å². The lowest BCUT2D eigenvalue weighted by molar-refractivity contribution is -0.119. The Bertz CT molecular complexity index is 1380. The minimum atomic E-state index is -4.01. The summed E-state index contributed by atoms with van der Waals surface area (Å²) in [6, 6.07) is 19.2. The number of hydrazone groups is 1. The first kappa shape index (κ1) is 25.2. The standard InChI is InChI=1S/C27H29N3O5S/c1-4-21-7-5-6-8-24(21)30(36(32,33)23-12-9-19(2)10-13-23)18-27(31)29-28-20(3)22-11-14-25-26(17-22)35-16-15-34-25/h5-14,17H,4,15-16,18H2,1-3H3,(H,29,31)/b28-20-. The number of carbonyl (C=O) groups excluding carboxylic acids is 1. The van der Waals surface area contributed by atoms with Crippen molar-refractivity contribution in [2.24, 2.45) is 5.10 Å². The SMILES string of the molecule is CCc1ccccc1N(CC(=O)N/N=C(/C)c1ccc2c(c1)OCCO2)S(=O)(=O)c1ccc(C)cc1. The number of nitrogens with one attached hydrogen (secondary N) is 1. The summed E-state index contributed by atoms with van der Waals surface area (Å²) in [5.74, 6) is 0.716. The third-order valence-electron chi connectivity index (χ3n) is 5.85. The van der Waals surface area contributed by atoms with Gasteiger partial charge in [-0.1, -0.05) is 42.8 Å². The van der Waals surface area contributed by atoms with Crippen LogP contribution in [-0.4, -0.2) is 39.8 Å². The van der Waals surface area contributed by atoms with Crippen molar-refractivity contribution < 1.29 is 22.7 Å². The molecule has 0 saturated carbocycles. The topological polar surface area (TPSA) is 97.3 Å². The van der Waals surface area contributed by atoms with Crippen LogP contribution >= 0.6 is 0 Å². The van der Waals surface area contributed by atoms with Gasteiger partial charge in [0.05, 0.1) is 16.3 Å². The minimum absolute atomic E-state index is 0.114. The molecule has 0 unspecified atom stereocenters. The molecule has 3 aromatic carbocycles.